The predicted octanol–water partition coefficient (Wildman–Crippen LogP) is 4.06. The minimum absolute atomic E-state index is 0.0176. The Hall–Kier alpha value is -1.52. The smallest absolute Gasteiger partial charge is 0.256 e. The SMILES string of the molecule is O=C(Nc1ccccc1O)c1cc(Cl)ccc1Br. The van der Waals surface area contributed by atoms with Crippen LogP contribution in [0.25, 0.3) is 0 Å². The molecule has 0 aliphatic rings. The van der Waals surface area contributed by atoms with E-state index in [0.717, 1.165) is 0 Å². The molecule has 0 saturated carbocycles. The Kier molecular flexibility index (Phi) is 3.89. The molecular formula is C13H9BrClNO2. The number of aromatic hydroxyl groups is 1. The molecular weight excluding hydrogens is 318 g/mol. The fourth-order valence-electron chi connectivity index (χ4n) is 1.44. The van der Waals surface area contributed by atoms with Crippen LogP contribution in [0.1, 0.15) is 10.4 Å². The number of nitrogens with one attached hydrogen (secondary N) is 1. The van der Waals surface area contributed by atoms with Gasteiger partial charge in [0.25, 0.3) is 5.91 Å². The van der Waals surface area contributed by atoms with E-state index in [1.165, 1.54) is 6.07 Å². The van der Waals surface area contributed by atoms with Crippen LogP contribution < -0.4 is 5.32 Å². The average molecular weight is 327 g/mol. The number of carbonyl (C=O) groups excluding carboxylic acids is 1. The first-order valence-corrected chi connectivity index (χ1v) is 6.29. The second kappa shape index (κ2) is 5.42. The molecule has 3 nitrogen and oxygen atoms in total. The topological polar surface area (TPSA) is 49.3 Å². The fourth-order valence-corrected chi connectivity index (χ4v) is 2.04. The van der Waals surface area contributed by atoms with E-state index in [0.29, 0.717) is 20.7 Å². The zero-order valence-corrected chi connectivity index (χ0v) is 11.5. The molecule has 0 fully saturated rings. The van der Waals surface area contributed by atoms with Gasteiger partial charge < -0.3 is 10.4 Å². The van der Waals surface area contributed by atoms with Crippen molar-refractivity contribution in [3.8, 4) is 5.75 Å². The number of phenols is 1. The summed E-state index contributed by atoms with van der Waals surface area (Å²) < 4.78 is 0.639. The van der Waals surface area contributed by atoms with E-state index in [1.54, 1.807) is 36.4 Å². The van der Waals surface area contributed by atoms with Gasteiger partial charge in [0.15, 0.2) is 0 Å². The largest absolute Gasteiger partial charge is 0.506 e. The lowest BCUT2D eigenvalue weighted by molar-refractivity contribution is 0.102. The molecule has 1 amide bonds. The van der Waals surface area contributed by atoms with Gasteiger partial charge in [-0.05, 0) is 46.3 Å². The summed E-state index contributed by atoms with van der Waals surface area (Å²) in [5.41, 5.74) is 0.764. The van der Waals surface area contributed by atoms with Gasteiger partial charge in [-0.15, -0.1) is 0 Å². The standard InChI is InChI=1S/C13H9BrClNO2/c14-10-6-5-8(15)7-9(10)13(18)16-11-3-1-2-4-12(11)17/h1-7,17H,(H,16,18). The molecule has 0 spiro atoms. The Morgan fingerprint density at radius 3 is 2.67 bits per heavy atom. The fraction of sp³-hybridized carbons (Fsp3) is 0. The van der Waals surface area contributed by atoms with Crippen molar-refractivity contribution in [2.45, 2.75) is 0 Å². The van der Waals surface area contributed by atoms with E-state index in [9.17, 15) is 9.90 Å². The molecule has 18 heavy (non-hydrogen) atoms. The third-order valence-electron chi connectivity index (χ3n) is 2.33. The number of halogens is 2. The lowest BCUT2D eigenvalue weighted by atomic mass is 10.2. The van der Waals surface area contributed by atoms with Gasteiger partial charge in [-0.25, -0.2) is 0 Å². The number of benzene rings is 2. The third-order valence-corrected chi connectivity index (χ3v) is 3.25. The molecule has 0 atom stereocenters. The monoisotopic (exact) mass is 325 g/mol. The number of hydrogen-bond acceptors (Lipinski definition) is 2. The van der Waals surface area contributed by atoms with E-state index in [1.807, 2.05) is 0 Å². The maximum Gasteiger partial charge on any atom is 0.256 e. The second-order valence-electron chi connectivity index (χ2n) is 3.60. The van der Waals surface area contributed by atoms with Gasteiger partial charge >= 0.3 is 0 Å². The highest BCUT2D eigenvalue weighted by molar-refractivity contribution is 9.10. The zero-order chi connectivity index (χ0) is 13.1. The van der Waals surface area contributed by atoms with Crippen molar-refractivity contribution in [1.82, 2.24) is 0 Å². The molecule has 0 heterocycles. The van der Waals surface area contributed by atoms with Crippen molar-refractivity contribution in [1.29, 1.82) is 0 Å². The highest BCUT2D eigenvalue weighted by Gasteiger charge is 2.12. The summed E-state index contributed by atoms with van der Waals surface area (Å²) in [7, 11) is 0. The molecule has 2 rings (SSSR count). The molecule has 0 saturated heterocycles. The third kappa shape index (κ3) is 2.83. The summed E-state index contributed by atoms with van der Waals surface area (Å²) in [6.45, 7) is 0. The van der Waals surface area contributed by atoms with Gasteiger partial charge in [0.2, 0.25) is 0 Å². The molecule has 5 heteroatoms. The Balaban J connectivity index is 2.28. The molecule has 2 N–H and O–H groups in total. The van der Waals surface area contributed by atoms with Crippen LogP contribution in [0.3, 0.4) is 0 Å². The van der Waals surface area contributed by atoms with Crippen LogP contribution in [0.4, 0.5) is 5.69 Å². The Bertz CT molecular complexity index is 601. The molecule has 0 aromatic heterocycles. The Morgan fingerprint density at radius 2 is 1.94 bits per heavy atom. The Morgan fingerprint density at radius 1 is 1.22 bits per heavy atom. The first-order valence-electron chi connectivity index (χ1n) is 5.12. The van der Waals surface area contributed by atoms with Crippen LogP contribution in [0.5, 0.6) is 5.75 Å². The second-order valence-corrected chi connectivity index (χ2v) is 4.89. The van der Waals surface area contributed by atoms with E-state index < -0.39 is 0 Å². The number of amides is 1. The number of para-hydroxylation sites is 2. The number of carbonyl (C=O) groups is 1. The first-order chi connectivity index (χ1) is 8.58. The van der Waals surface area contributed by atoms with E-state index in [2.05, 4.69) is 21.2 Å². The lowest BCUT2D eigenvalue weighted by Gasteiger charge is -2.08. The van der Waals surface area contributed by atoms with Crippen molar-refractivity contribution in [2.75, 3.05) is 5.32 Å². The molecule has 0 aliphatic heterocycles. The van der Waals surface area contributed by atoms with Crippen molar-refractivity contribution in [2.24, 2.45) is 0 Å². The molecule has 92 valence electrons. The van der Waals surface area contributed by atoms with Gasteiger partial charge in [-0.1, -0.05) is 23.7 Å². The summed E-state index contributed by atoms with van der Waals surface area (Å²) in [6, 6.07) is 11.5. The first kappa shape index (κ1) is 12.9. The quantitative estimate of drug-likeness (QED) is 0.818. The summed E-state index contributed by atoms with van der Waals surface area (Å²) >= 11 is 9.13. The number of hydrogen-bond donors (Lipinski definition) is 2. The van der Waals surface area contributed by atoms with Crippen molar-refractivity contribution >= 4 is 39.1 Å². The van der Waals surface area contributed by atoms with Gasteiger partial charge in [0, 0.05) is 9.50 Å². The maximum atomic E-state index is 12.0. The van der Waals surface area contributed by atoms with Crippen LogP contribution in [-0.2, 0) is 0 Å². The summed E-state index contributed by atoms with van der Waals surface area (Å²) in [5.74, 6) is -0.324. The zero-order valence-electron chi connectivity index (χ0n) is 9.15. The van der Waals surface area contributed by atoms with Gasteiger partial charge in [-0.2, -0.15) is 0 Å². The number of anilines is 1. The van der Waals surface area contributed by atoms with E-state index in [-0.39, 0.29) is 11.7 Å². The van der Waals surface area contributed by atoms with Crippen molar-refractivity contribution < 1.29 is 9.90 Å². The van der Waals surface area contributed by atoms with E-state index >= 15 is 0 Å². The van der Waals surface area contributed by atoms with Crippen molar-refractivity contribution in [3.63, 3.8) is 0 Å². The molecule has 2 aromatic rings. The number of phenolic OH excluding ortho intramolecular Hbond substituents is 1. The molecule has 0 radical (unpaired) electrons. The highest BCUT2D eigenvalue weighted by Crippen LogP contribution is 2.25. The highest BCUT2D eigenvalue weighted by atomic mass is 79.9. The number of rotatable bonds is 2. The van der Waals surface area contributed by atoms with Crippen LogP contribution >= 0.6 is 27.5 Å². The lowest BCUT2D eigenvalue weighted by Crippen LogP contribution is -2.12. The van der Waals surface area contributed by atoms with Gasteiger partial charge in [0.05, 0.1) is 11.3 Å². The van der Waals surface area contributed by atoms with Crippen LogP contribution in [0.2, 0.25) is 5.02 Å². The average Bonchev–Trinajstić information content (AvgIpc) is 2.35. The Labute approximate surface area is 118 Å². The minimum atomic E-state index is -0.342. The van der Waals surface area contributed by atoms with Crippen LogP contribution in [0.15, 0.2) is 46.9 Å². The maximum absolute atomic E-state index is 12.0. The van der Waals surface area contributed by atoms with Crippen molar-refractivity contribution in [3.05, 3.63) is 57.5 Å². The molecule has 0 aliphatic carbocycles. The van der Waals surface area contributed by atoms with Crippen LogP contribution in [-0.4, -0.2) is 11.0 Å². The summed E-state index contributed by atoms with van der Waals surface area (Å²) in [6.07, 6.45) is 0. The molecule has 0 unspecified atom stereocenters. The normalized spacial score (nSPS) is 10.1. The minimum Gasteiger partial charge on any atom is -0.506 e. The van der Waals surface area contributed by atoms with Gasteiger partial charge in [-0.3, -0.25) is 4.79 Å². The molecule has 2 aromatic carbocycles. The van der Waals surface area contributed by atoms with Gasteiger partial charge in [0.1, 0.15) is 5.75 Å². The summed E-state index contributed by atoms with van der Waals surface area (Å²) in [5, 5.41) is 12.7. The predicted molar refractivity (Wildman–Crippen MR) is 75.2 cm³/mol. The molecule has 0 bridgehead atoms. The van der Waals surface area contributed by atoms with E-state index in [4.69, 9.17) is 11.6 Å². The summed E-state index contributed by atoms with van der Waals surface area (Å²) in [4.78, 5) is 12.0. The van der Waals surface area contributed by atoms with Crippen LogP contribution in [0, 0.1) is 0 Å².